The maximum atomic E-state index is 4.13. The molecule has 3 heteroatoms. The highest BCUT2D eigenvalue weighted by atomic mass is 28.3. The summed E-state index contributed by atoms with van der Waals surface area (Å²) in [4.78, 5) is 0. The van der Waals surface area contributed by atoms with E-state index in [0.29, 0.717) is 0 Å². The molecule has 0 saturated heterocycles. The maximum Gasteiger partial charge on any atom is 0.0801 e. The summed E-state index contributed by atoms with van der Waals surface area (Å²) < 4.78 is 0. The Morgan fingerprint density at radius 1 is 1.08 bits per heavy atom. The van der Waals surface area contributed by atoms with Gasteiger partial charge >= 0.3 is 0 Å². The van der Waals surface area contributed by atoms with Crippen LogP contribution in [0, 0.1) is 13.8 Å². The van der Waals surface area contributed by atoms with Crippen LogP contribution in [0.2, 0.25) is 19.6 Å². The molecular formula is C9H16N2Si. The lowest BCUT2D eigenvalue weighted by Gasteiger charge is -2.18. The summed E-state index contributed by atoms with van der Waals surface area (Å²) in [5.41, 5.74) is 2.12. The van der Waals surface area contributed by atoms with Crippen LogP contribution >= 0.6 is 0 Å². The molecule has 0 atom stereocenters. The quantitative estimate of drug-likeness (QED) is 0.614. The zero-order valence-electron chi connectivity index (χ0n) is 8.47. The molecule has 0 spiro atoms. The molecule has 0 bridgehead atoms. The monoisotopic (exact) mass is 180 g/mol. The second-order valence-electron chi connectivity index (χ2n) is 4.23. The number of rotatable bonds is 1. The van der Waals surface area contributed by atoms with Gasteiger partial charge in [0.25, 0.3) is 0 Å². The Bertz CT molecular complexity index is 289. The zero-order valence-corrected chi connectivity index (χ0v) is 9.47. The van der Waals surface area contributed by atoms with Crippen molar-refractivity contribution in [3.8, 4) is 0 Å². The van der Waals surface area contributed by atoms with Crippen molar-refractivity contribution in [2.45, 2.75) is 33.5 Å². The van der Waals surface area contributed by atoms with Crippen molar-refractivity contribution in [1.29, 1.82) is 0 Å². The summed E-state index contributed by atoms with van der Waals surface area (Å²) in [5, 5.41) is 9.58. The molecule has 2 nitrogen and oxygen atoms in total. The van der Waals surface area contributed by atoms with E-state index >= 15 is 0 Å². The molecule has 1 aromatic heterocycles. The van der Waals surface area contributed by atoms with Gasteiger partial charge in [0.05, 0.1) is 19.5 Å². The van der Waals surface area contributed by atoms with Crippen LogP contribution in [0.3, 0.4) is 0 Å². The van der Waals surface area contributed by atoms with E-state index in [1.807, 2.05) is 13.8 Å². The van der Waals surface area contributed by atoms with Gasteiger partial charge < -0.3 is 0 Å². The fraction of sp³-hybridized carbons (Fsp3) is 0.556. The highest BCUT2D eigenvalue weighted by Gasteiger charge is 2.19. The Balaban J connectivity index is 3.23. The largest absolute Gasteiger partial charge is 0.156 e. The number of aromatic nitrogens is 2. The molecule has 0 aliphatic heterocycles. The van der Waals surface area contributed by atoms with E-state index in [0.717, 1.165) is 11.4 Å². The maximum absolute atomic E-state index is 4.13. The number of aryl methyl sites for hydroxylation is 2. The summed E-state index contributed by atoms with van der Waals surface area (Å²) in [5.74, 6) is 0. The third-order valence-corrected chi connectivity index (χ3v) is 4.03. The van der Waals surface area contributed by atoms with Gasteiger partial charge in [-0.25, -0.2) is 0 Å². The molecular weight excluding hydrogens is 164 g/mol. The lowest BCUT2D eigenvalue weighted by atomic mass is 10.4. The molecule has 0 radical (unpaired) electrons. The number of nitrogens with zero attached hydrogens (tertiary/aromatic N) is 2. The van der Waals surface area contributed by atoms with Gasteiger partial charge in [-0.15, -0.1) is 0 Å². The molecule has 0 fully saturated rings. The van der Waals surface area contributed by atoms with E-state index in [2.05, 4.69) is 35.9 Å². The molecule has 0 saturated carbocycles. The standard InChI is InChI=1S/C9H16N2Si/c1-7-6-9(12(3,4)5)8(2)11-10-7/h6H,1-5H3. The van der Waals surface area contributed by atoms with Gasteiger partial charge in [-0.05, 0) is 25.1 Å². The van der Waals surface area contributed by atoms with Crippen LogP contribution in [0.4, 0.5) is 0 Å². The molecule has 0 aromatic carbocycles. The number of hydrogen-bond acceptors (Lipinski definition) is 2. The highest BCUT2D eigenvalue weighted by molar-refractivity contribution is 6.89. The van der Waals surface area contributed by atoms with Gasteiger partial charge in [0.2, 0.25) is 0 Å². The average molecular weight is 180 g/mol. The van der Waals surface area contributed by atoms with E-state index in [9.17, 15) is 0 Å². The van der Waals surface area contributed by atoms with Gasteiger partial charge in [-0.2, -0.15) is 10.2 Å². The third kappa shape index (κ3) is 1.91. The molecule has 0 aliphatic carbocycles. The molecule has 1 rings (SSSR count). The fourth-order valence-corrected chi connectivity index (χ4v) is 3.09. The van der Waals surface area contributed by atoms with Gasteiger partial charge in [-0.3, -0.25) is 0 Å². The van der Waals surface area contributed by atoms with Crippen molar-refractivity contribution in [2.24, 2.45) is 0 Å². The Hall–Kier alpha value is -0.703. The number of hydrogen-bond donors (Lipinski definition) is 0. The molecule has 1 aromatic rings. The molecule has 12 heavy (non-hydrogen) atoms. The van der Waals surface area contributed by atoms with Crippen LogP contribution in [0.15, 0.2) is 6.07 Å². The molecule has 66 valence electrons. The molecule has 0 N–H and O–H groups in total. The summed E-state index contributed by atoms with van der Waals surface area (Å²) in [6.45, 7) is 11.0. The Labute approximate surface area is 75.0 Å². The van der Waals surface area contributed by atoms with E-state index < -0.39 is 8.07 Å². The normalized spacial score (nSPS) is 11.8. The Kier molecular flexibility index (Phi) is 2.33. The first-order valence-corrected chi connectivity index (χ1v) is 7.72. The highest BCUT2D eigenvalue weighted by Crippen LogP contribution is 2.04. The van der Waals surface area contributed by atoms with Crippen LogP contribution in [0.5, 0.6) is 0 Å². The SMILES string of the molecule is Cc1cc([Si](C)(C)C)c(C)nn1. The molecule has 0 aliphatic rings. The third-order valence-electron chi connectivity index (χ3n) is 1.91. The topological polar surface area (TPSA) is 25.8 Å². The predicted molar refractivity (Wildman–Crippen MR) is 54.5 cm³/mol. The Morgan fingerprint density at radius 2 is 1.67 bits per heavy atom. The first kappa shape index (κ1) is 9.39. The molecule has 1 heterocycles. The Morgan fingerprint density at radius 3 is 2.08 bits per heavy atom. The lowest BCUT2D eigenvalue weighted by molar-refractivity contribution is 0.949. The van der Waals surface area contributed by atoms with Crippen molar-refractivity contribution < 1.29 is 0 Å². The van der Waals surface area contributed by atoms with Crippen molar-refractivity contribution in [1.82, 2.24) is 10.2 Å². The molecule has 0 amide bonds. The van der Waals surface area contributed by atoms with Gasteiger partial charge in [0.1, 0.15) is 0 Å². The fourth-order valence-electron chi connectivity index (χ4n) is 1.31. The van der Waals surface area contributed by atoms with Gasteiger partial charge in [0.15, 0.2) is 0 Å². The van der Waals surface area contributed by atoms with Gasteiger partial charge in [0, 0.05) is 0 Å². The summed E-state index contributed by atoms with van der Waals surface area (Å²) >= 11 is 0. The summed E-state index contributed by atoms with van der Waals surface area (Å²) in [7, 11) is -1.21. The first-order valence-electron chi connectivity index (χ1n) is 4.22. The minimum absolute atomic E-state index is 1.03. The zero-order chi connectivity index (χ0) is 9.35. The second kappa shape index (κ2) is 2.97. The molecule has 0 unspecified atom stereocenters. The van der Waals surface area contributed by atoms with Crippen LogP contribution < -0.4 is 5.19 Å². The lowest BCUT2D eigenvalue weighted by Crippen LogP contribution is -2.40. The van der Waals surface area contributed by atoms with E-state index in [-0.39, 0.29) is 0 Å². The minimum atomic E-state index is -1.21. The van der Waals surface area contributed by atoms with Crippen LogP contribution in [-0.4, -0.2) is 18.3 Å². The van der Waals surface area contributed by atoms with Crippen LogP contribution in [-0.2, 0) is 0 Å². The summed E-state index contributed by atoms with van der Waals surface area (Å²) in [6, 6.07) is 2.18. The van der Waals surface area contributed by atoms with Gasteiger partial charge in [-0.1, -0.05) is 19.6 Å². The van der Waals surface area contributed by atoms with Crippen molar-refractivity contribution in [2.75, 3.05) is 0 Å². The smallest absolute Gasteiger partial charge is 0.0801 e. The van der Waals surface area contributed by atoms with E-state index in [1.54, 1.807) is 0 Å². The van der Waals surface area contributed by atoms with E-state index in [4.69, 9.17) is 0 Å². The van der Waals surface area contributed by atoms with E-state index in [1.165, 1.54) is 5.19 Å². The van der Waals surface area contributed by atoms with Crippen molar-refractivity contribution >= 4 is 13.3 Å². The van der Waals surface area contributed by atoms with Crippen LogP contribution in [0.25, 0.3) is 0 Å². The van der Waals surface area contributed by atoms with Crippen molar-refractivity contribution in [3.63, 3.8) is 0 Å². The summed E-state index contributed by atoms with van der Waals surface area (Å²) in [6.07, 6.45) is 0. The minimum Gasteiger partial charge on any atom is -0.156 e. The predicted octanol–water partition coefficient (Wildman–Crippen LogP) is 1.64. The van der Waals surface area contributed by atoms with Crippen LogP contribution in [0.1, 0.15) is 11.4 Å². The second-order valence-corrected chi connectivity index (χ2v) is 9.27. The average Bonchev–Trinajstić information content (AvgIpc) is 1.92. The van der Waals surface area contributed by atoms with Crippen molar-refractivity contribution in [3.05, 3.63) is 17.5 Å². The first-order chi connectivity index (χ1) is 5.41.